The molecule has 98 valence electrons. The number of nitrogen functional groups attached to an aromatic ring is 1. The van der Waals surface area contributed by atoms with Gasteiger partial charge in [-0.3, -0.25) is 10.2 Å². The van der Waals surface area contributed by atoms with E-state index in [1.807, 2.05) is 5.43 Å². The van der Waals surface area contributed by atoms with Gasteiger partial charge in [0.05, 0.1) is 5.56 Å². The van der Waals surface area contributed by atoms with Gasteiger partial charge in [-0.1, -0.05) is 19.3 Å². The van der Waals surface area contributed by atoms with E-state index in [4.69, 9.17) is 11.4 Å². The molecule has 2 rings (SSSR count). The smallest absolute Gasteiger partial charge is 0.269 e. The Balaban J connectivity index is 2.39. The van der Waals surface area contributed by atoms with E-state index in [-0.39, 0.29) is 23.2 Å². The second-order valence-corrected chi connectivity index (χ2v) is 4.50. The SMILES string of the molecule is N=Nc1c(C(=O)NN)cn(C2CCCCC2)c1O. The summed E-state index contributed by atoms with van der Waals surface area (Å²) in [7, 11) is 0. The minimum atomic E-state index is -0.550. The fraction of sp³-hybridized carbons (Fsp3) is 0.545. The van der Waals surface area contributed by atoms with Crippen molar-refractivity contribution < 1.29 is 9.90 Å². The second-order valence-electron chi connectivity index (χ2n) is 4.50. The Kier molecular flexibility index (Phi) is 3.61. The Hall–Kier alpha value is -1.89. The lowest BCUT2D eigenvalue weighted by Gasteiger charge is -2.23. The molecule has 0 radical (unpaired) electrons. The molecule has 0 unspecified atom stereocenters. The highest BCUT2D eigenvalue weighted by molar-refractivity contribution is 5.99. The number of hydrogen-bond donors (Lipinski definition) is 4. The number of nitrogens with one attached hydrogen (secondary N) is 2. The van der Waals surface area contributed by atoms with E-state index < -0.39 is 5.91 Å². The van der Waals surface area contributed by atoms with Crippen molar-refractivity contribution in [2.45, 2.75) is 38.1 Å². The first kappa shape index (κ1) is 12.6. The van der Waals surface area contributed by atoms with Crippen molar-refractivity contribution in [1.82, 2.24) is 9.99 Å². The number of hydrogen-bond acceptors (Lipinski definition) is 5. The number of carbonyl (C=O) groups excluding carboxylic acids is 1. The third-order valence-electron chi connectivity index (χ3n) is 3.44. The summed E-state index contributed by atoms with van der Waals surface area (Å²) < 4.78 is 1.64. The average molecular weight is 251 g/mol. The van der Waals surface area contributed by atoms with Crippen LogP contribution in [-0.4, -0.2) is 15.6 Å². The summed E-state index contributed by atoms with van der Waals surface area (Å²) >= 11 is 0. The van der Waals surface area contributed by atoms with Crippen molar-refractivity contribution in [2.75, 3.05) is 0 Å². The predicted molar refractivity (Wildman–Crippen MR) is 64.7 cm³/mol. The van der Waals surface area contributed by atoms with Crippen molar-refractivity contribution in [1.29, 1.82) is 5.53 Å². The van der Waals surface area contributed by atoms with Gasteiger partial charge in [-0.05, 0) is 12.8 Å². The molecule has 0 bridgehead atoms. The molecule has 0 atom stereocenters. The quantitative estimate of drug-likeness (QED) is 0.285. The van der Waals surface area contributed by atoms with E-state index in [9.17, 15) is 9.90 Å². The molecular weight excluding hydrogens is 234 g/mol. The van der Waals surface area contributed by atoms with Crippen molar-refractivity contribution in [3.63, 3.8) is 0 Å². The molecule has 1 heterocycles. The first-order valence-electron chi connectivity index (χ1n) is 6.01. The van der Waals surface area contributed by atoms with Crippen molar-refractivity contribution >= 4 is 11.6 Å². The summed E-state index contributed by atoms with van der Waals surface area (Å²) in [6, 6.07) is 0.165. The topological polar surface area (TPSA) is 116 Å². The van der Waals surface area contributed by atoms with Crippen LogP contribution < -0.4 is 11.3 Å². The van der Waals surface area contributed by atoms with Crippen LogP contribution in [0.5, 0.6) is 5.88 Å². The molecule has 0 saturated heterocycles. The highest BCUT2D eigenvalue weighted by Crippen LogP contribution is 2.39. The summed E-state index contributed by atoms with van der Waals surface area (Å²) in [6.07, 6.45) is 6.86. The molecule has 1 aliphatic rings. The number of nitrogens with two attached hydrogens (primary N) is 1. The number of rotatable bonds is 3. The summed E-state index contributed by atoms with van der Waals surface area (Å²) in [5.41, 5.74) is 9.15. The van der Waals surface area contributed by atoms with Crippen molar-refractivity contribution in [3.8, 4) is 5.88 Å². The van der Waals surface area contributed by atoms with Crippen LogP contribution in [-0.2, 0) is 0 Å². The standard InChI is InChI=1S/C11H17N5O2/c12-14-9-8(10(17)15-13)6-16(11(9)18)7-4-2-1-3-5-7/h6-7,12,18H,1-5,13H2,(H,15,17). The Morgan fingerprint density at radius 1 is 1.50 bits per heavy atom. The summed E-state index contributed by atoms with van der Waals surface area (Å²) in [4.78, 5) is 11.5. The molecule has 0 aromatic carbocycles. The van der Waals surface area contributed by atoms with Gasteiger partial charge < -0.3 is 9.67 Å². The van der Waals surface area contributed by atoms with Crippen LogP contribution >= 0.6 is 0 Å². The minimum Gasteiger partial charge on any atom is -0.493 e. The fourth-order valence-corrected chi connectivity index (χ4v) is 2.50. The van der Waals surface area contributed by atoms with Crippen LogP contribution in [0, 0.1) is 5.53 Å². The maximum absolute atomic E-state index is 11.5. The van der Waals surface area contributed by atoms with Gasteiger partial charge in [0.25, 0.3) is 5.91 Å². The predicted octanol–water partition coefficient (Wildman–Crippen LogP) is 1.96. The van der Waals surface area contributed by atoms with E-state index in [0.717, 1.165) is 25.7 Å². The third-order valence-corrected chi connectivity index (χ3v) is 3.44. The lowest BCUT2D eigenvalue weighted by Crippen LogP contribution is -2.29. The normalized spacial score (nSPS) is 16.5. The van der Waals surface area contributed by atoms with Crippen molar-refractivity contribution in [2.24, 2.45) is 11.0 Å². The number of aromatic hydroxyl groups is 1. The van der Waals surface area contributed by atoms with Gasteiger partial charge >= 0.3 is 0 Å². The molecule has 0 aliphatic heterocycles. The van der Waals surface area contributed by atoms with Crippen LogP contribution in [0.2, 0.25) is 0 Å². The second kappa shape index (κ2) is 5.18. The number of aromatic nitrogens is 1. The molecule has 1 aromatic heterocycles. The van der Waals surface area contributed by atoms with Crippen LogP contribution in [0.4, 0.5) is 5.69 Å². The van der Waals surface area contributed by atoms with E-state index in [1.54, 1.807) is 4.57 Å². The fourth-order valence-electron chi connectivity index (χ4n) is 2.50. The highest BCUT2D eigenvalue weighted by atomic mass is 16.3. The zero-order valence-electron chi connectivity index (χ0n) is 10.0. The maximum atomic E-state index is 11.5. The number of nitrogens with zero attached hydrogens (tertiary/aromatic N) is 2. The van der Waals surface area contributed by atoms with Crippen LogP contribution in [0.25, 0.3) is 0 Å². The van der Waals surface area contributed by atoms with Gasteiger partial charge in [-0.15, -0.1) is 0 Å². The molecule has 7 heteroatoms. The molecule has 0 spiro atoms. The summed E-state index contributed by atoms with van der Waals surface area (Å²) in [5.74, 6) is 4.39. The minimum absolute atomic E-state index is 0.0245. The van der Waals surface area contributed by atoms with E-state index in [1.165, 1.54) is 12.6 Å². The third kappa shape index (κ3) is 2.08. The summed E-state index contributed by atoms with van der Waals surface area (Å²) in [5, 5.41) is 13.3. The van der Waals surface area contributed by atoms with Gasteiger partial charge in [-0.2, -0.15) is 5.11 Å². The maximum Gasteiger partial charge on any atom is 0.269 e. The molecule has 18 heavy (non-hydrogen) atoms. The molecule has 1 aliphatic carbocycles. The molecule has 5 N–H and O–H groups in total. The molecule has 1 aromatic rings. The highest BCUT2D eigenvalue weighted by Gasteiger charge is 2.25. The number of carbonyl (C=O) groups is 1. The van der Waals surface area contributed by atoms with Crippen LogP contribution in [0.15, 0.2) is 11.3 Å². The Morgan fingerprint density at radius 3 is 2.72 bits per heavy atom. The lowest BCUT2D eigenvalue weighted by atomic mass is 9.95. The summed E-state index contributed by atoms with van der Waals surface area (Å²) in [6.45, 7) is 0. The molecule has 1 saturated carbocycles. The van der Waals surface area contributed by atoms with E-state index >= 15 is 0 Å². The average Bonchev–Trinajstić information content (AvgIpc) is 2.75. The molecular formula is C11H17N5O2. The van der Waals surface area contributed by atoms with Crippen LogP contribution in [0.1, 0.15) is 48.5 Å². The Bertz CT molecular complexity index is 462. The van der Waals surface area contributed by atoms with Gasteiger partial charge in [0.2, 0.25) is 5.88 Å². The molecule has 7 nitrogen and oxygen atoms in total. The largest absolute Gasteiger partial charge is 0.493 e. The number of hydrazine groups is 1. The van der Waals surface area contributed by atoms with E-state index in [2.05, 4.69) is 5.11 Å². The molecule has 1 fully saturated rings. The van der Waals surface area contributed by atoms with Crippen molar-refractivity contribution in [3.05, 3.63) is 11.8 Å². The van der Waals surface area contributed by atoms with Crippen LogP contribution in [0.3, 0.4) is 0 Å². The van der Waals surface area contributed by atoms with E-state index in [0.29, 0.717) is 0 Å². The Morgan fingerprint density at radius 2 is 2.17 bits per heavy atom. The zero-order chi connectivity index (χ0) is 13.1. The van der Waals surface area contributed by atoms with Gasteiger partial charge in [0.15, 0.2) is 5.69 Å². The van der Waals surface area contributed by atoms with Gasteiger partial charge in [0, 0.05) is 12.2 Å². The zero-order valence-corrected chi connectivity index (χ0v) is 10.0. The first-order chi connectivity index (χ1) is 8.69. The number of amides is 1. The lowest BCUT2D eigenvalue weighted by molar-refractivity contribution is 0.0954. The monoisotopic (exact) mass is 251 g/mol. The Labute approximate surface area is 104 Å². The van der Waals surface area contributed by atoms with Gasteiger partial charge in [-0.25, -0.2) is 11.4 Å². The van der Waals surface area contributed by atoms with Gasteiger partial charge in [0.1, 0.15) is 0 Å². The molecule has 1 amide bonds. The first-order valence-corrected chi connectivity index (χ1v) is 6.01.